The van der Waals surface area contributed by atoms with Crippen LogP contribution in [0.2, 0.25) is 10.0 Å². The normalized spacial score (nSPS) is 13.3. The summed E-state index contributed by atoms with van der Waals surface area (Å²) < 4.78 is 0. The summed E-state index contributed by atoms with van der Waals surface area (Å²) in [6, 6.07) is 28.2. The van der Waals surface area contributed by atoms with Crippen LogP contribution in [0.1, 0.15) is 20.7 Å². The summed E-state index contributed by atoms with van der Waals surface area (Å²) in [4.78, 5) is 31.0. The maximum absolute atomic E-state index is 14.0. The first-order valence-corrected chi connectivity index (χ1v) is 10.7. The number of nitrogens with zero attached hydrogens (tertiary/aromatic N) is 2. The number of hydrogen-bond acceptors (Lipinski definition) is 2. The van der Waals surface area contributed by atoms with E-state index in [1.165, 1.54) is 9.80 Å². The molecule has 0 aliphatic carbocycles. The van der Waals surface area contributed by atoms with Crippen molar-refractivity contribution < 1.29 is 9.59 Å². The molecule has 1 aliphatic rings. The predicted octanol–water partition coefficient (Wildman–Crippen LogP) is 7.26. The zero-order valence-electron chi connectivity index (χ0n) is 16.7. The molecule has 32 heavy (non-hydrogen) atoms. The quantitative estimate of drug-likeness (QED) is 0.317. The number of fused-ring (bicyclic) bond motifs is 2. The molecule has 4 aromatic carbocycles. The van der Waals surface area contributed by atoms with Gasteiger partial charge in [-0.15, -0.1) is 0 Å². The second-order valence-electron chi connectivity index (χ2n) is 7.28. The van der Waals surface area contributed by atoms with E-state index in [1.807, 2.05) is 60.7 Å². The number of carbonyl (C=O) groups is 2. The SMILES string of the molecule is O=C1c2ccc(Cl)cc2N(c2ccccc2)C(=O)c2ccc(Cl)cc2N1c1ccccc1. The van der Waals surface area contributed by atoms with Crippen molar-refractivity contribution in [1.82, 2.24) is 0 Å². The van der Waals surface area contributed by atoms with Gasteiger partial charge >= 0.3 is 0 Å². The lowest BCUT2D eigenvalue weighted by molar-refractivity contribution is 0.0989. The van der Waals surface area contributed by atoms with Crippen LogP contribution in [0.25, 0.3) is 0 Å². The van der Waals surface area contributed by atoms with E-state index < -0.39 is 0 Å². The summed E-state index contributed by atoms with van der Waals surface area (Å²) in [7, 11) is 0. The Morgan fingerprint density at radius 2 is 0.875 bits per heavy atom. The smallest absolute Gasteiger partial charge is 0.264 e. The molecule has 0 unspecified atom stereocenters. The minimum Gasteiger partial charge on any atom is -0.276 e. The molecule has 0 radical (unpaired) electrons. The van der Waals surface area contributed by atoms with Crippen molar-refractivity contribution >= 4 is 57.8 Å². The Bertz CT molecular complexity index is 1240. The summed E-state index contributed by atoms with van der Waals surface area (Å²) in [5.74, 6) is -0.584. The van der Waals surface area contributed by atoms with E-state index in [0.29, 0.717) is 43.9 Å². The minimum atomic E-state index is -0.292. The third-order valence-electron chi connectivity index (χ3n) is 5.30. The van der Waals surface area contributed by atoms with Crippen LogP contribution < -0.4 is 9.80 Å². The number of carbonyl (C=O) groups excluding carboxylic acids is 2. The first-order valence-electron chi connectivity index (χ1n) is 9.93. The second kappa shape index (κ2) is 8.15. The van der Waals surface area contributed by atoms with E-state index in [2.05, 4.69) is 0 Å². The molecule has 0 aromatic heterocycles. The number of para-hydroxylation sites is 2. The number of benzene rings is 4. The van der Waals surface area contributed by atoms with Crippen molar-refractivity contribution in [2.24, 2.45) is 0 Å². The Morgan fingerprint density at radius 3 is 1.25 bits per heavy atom. The molecule has 5 rings (SSSR count). The molecule has 1 heterocycles. The fourth-order valence-electron chi connectivity index (χ4n) is 3.87. The molecule has 0 atom stereocenters. The van der Waals surface area contributed by atoms with Crippen molar-refractivity contribution in [3.63, 3.8) is 0 Å². The molecule has 0 saturated heterocycles. The lowest BCUT2D eigenvalue weighted by atomic mass is 10.0. The predicted molar refractivity (Wildman–Crippen MR) is 129 cm³/mol. The van der Waals surface area contributed by atoms with Gasteiger partial charge in [0.1, 0.15) is 0 Å². The van der Waals surface area contributed by atoms with Gasteiger partial charge < -0.3 is 0 Å². The average Bonchev–Trinajstić information content (AvgIpc) is 2.80. The van der Waals surface area contributed by atoms with E-state index in [-0.39, 0.29) is 11.8 Å². The topological polar surface area (TPSA) is 40.6 Å². The molecular weight excluding hydrogens is 443 g/mol. The molecule has 156 valence electrons. The van der Waals surface area contributed by atoms with E-state index in [1.54, 1.807) is 36.4 Å². The highest BCUT2D eigenvalue weighted by molar-refractivity contribution is 6.33. The zero-order chi connectivity index (χ0) is 22.2. The maximum atomic E-state index is 14.0. The summed E-state index contributed by atoms with van der Waals surface area (Å²) in [6.45, 7) is 0. The molecule has 4 aromatic rings. The van der Waals surface area contributed by atoms with Gasteiger partial charge in [-0.1, -0.05) is 59.6 Å². The molecule has 0 N–H and O–H groups in total. The van der Waals surface area contributed by atoms with Crippen LogP contribution in [0.4, 0.5) is 22.7 Å². The maximum Gasteiger partial charge on any atom is 0.264 e. The molecule has 1 aliphatic heterocycles. The third-order valence-corrected chi connectivity index (χ3v) is 5.77. The van der Waals surface area contributed by atoms with Gasteiger partial charge in [0.25, 0.3) is 11.8 Å². The van der Waals surface area contributed by atoms with E-state index in [4.69, 9.17) is 23.2 Å². The van der Waals surface area contributed by atoms with Crippen LogP contribution in [-0.4, -0.2) is 11.8 Å². The Hall–Kier alpha value is -3.60. The van der Waals surface area contributed by atoms with E-state index in [9.17, 15) is 9.59 Å². The number of hydrogen-bond donors (Lipinski definition) is 0. The van der Waals surface area contributed by atoms with Crippen LogP contribution >= 0.6 is 23.2 Å². The standard InChI is InChI=1S/C26H16Cl2N2O2/c27-17-11-13-21-23(15-17)29(19-7-3-1-4-8-19)25(31)22-14-12-18(28)16-24(22)30(26(21)32)20-9-5-2-6-10-20/h1-16H. The molecule has 6 heteroatoms. The fourth-order valence-corrected chi connectivity index (χ4v) is 4.20. The highest BCUT2D eigenvalue weighted by atomic mass is 35.5. The molecule has 0 fully saturated rings. The van der Waals surface area contributed by atoms with Gasteiger partial charge in [0.15, 0.2) is 0 Å². The van der Waals surface area contributed by atoms with Crippen molar-refractivity contribution in [3.05, 3.63) is 118 Å². The number of rotatable bonds is 2. The Balaban J connectivity index is 1.85. The summed E-state index contributed by atoms with van der Waals surface area (Å²) in [6.07, 6.45) is 0. The van der Waals surface area contributed by atoms with Crippen LogP contribution in [-0.2, 0) is 0 Å². The average molecular weight is 459 g/mol. The summed E-state index contributed by atoms with van der Waals surface area (Å²) in [5.41, 5.74) is 2.79. The second-order valence-corrected chi connectivity index (χ2v) is 8.15. The molecular formula is C26H16Cl2N2O2. The van der Waals surface area contributed by atoms with Crippen molar-refractivity contribution in [2.75, 3.05) is 9.80 Å². The Morgan fingerprint density at radius 1 is 0.500 bits per heavy atom. The molecule has 2 amide bonds. The van der Waals surface area contributed by atoms with Crippen LogP contribution in [0.3, 0.4) is 0 Å². The van der Waals surface area contributed by atoms with Gasteiger partial charge in [-0.25, -0.2) is 0 Å². The summed E-state index contributed by atoms with van der Waals surface area (Å²) >= 11 is 12.6. The van der Waals surface area contributed by atoms with Crippen molar-refractivity contribution in [3.8, 4) is 0 Å². The van der Waals surface area contributed by atoms with Gasteiger partial charge in [-0.3, -0.25) is 19.4 Å². The Kier molecular flexibility index (Phi) is 5.17. The lowest BCUT2D eigenvalue weighted by Gasteiger charge is -2.33. The Labute approximate surface area is 195 Å². The molecule has 0 bridgehead atoms. The molecule has 4 nitrogen and oxygen atoms in total. The number of amides is 2. The fraction of sp³-hybridized carbons (Fsp3) is 0. The minimum absolute atomic E-state index is 0.292. The van der Waals surface area contributed by atoms with Gasteiger partial charge in [-0.2, -0.15) is 0 Å². The lowest BCUT2D eigenvalue weighted by Crippen LogP contribution is -2.36. The van der Waals surface area contributed by atoms with Gasteiger partial charge in [0.05, 0.1) is 22.5 Å². The molecule has 0 saturated carbocycles. The largest absolute Gasteiger partial charge is 0.276 e. The van der Waals surface area contributed by atoms with Crippen molar-refractivity contribution in [1.29, 1.82) is 0 Å². The molecule has 0 spiro atoms. The van der Waals surface area contributed by atoms with Gasteiger partial charge in [0.2, 0.25) is 0 Å². The highest BCUT2D eigenvalue weighted by Gasteiger charge is 2.34. The first kappa shape index (κ1) is 20.3. The summed E-state index contributed by atoms with van der Waals surface area (Å²) in [5, 5.41) is 0.849. The van der Waals surface area contributed by atoms with Gasteiger partial charge in [-0.05, 0) is 60.7 Å². The zero-order valence-corrected chi connectivity index (χ0v) is 18.2. The van der Waals surface area contributed by atoms with E-state index >= 15 is 0 Å². The van der Waals surface area contributed by atoms with Crippen LogP contribution in [0, 0.1) is 0 Å². The highest BCUT2D eigenvalue weighted by Crippen LogP contribution is 2.41. The number of anilines is 4. The first-order chi connectivity index (χ1) is 15.5. The van der Waals surface area contributed by atoms with E-state index in [0.717, 1.165) is 0 Å². The number of halogens is 2. The monoisotopic (exact) mass is 458 g/mol. The van der Waals surface area contributed by atoms with Crippen molar-refractivity contribution in [2.45, 2.75) is 0 Å². The van der Waals surface area contributed by atoms with Crippen LogP contribution in [0.5, 0.6) is 0 Å². The third kappa shape index (κ3) is 3.44. The van der Waals surface area contributed by atoms with Crippen LogP contribution in [0.15, 0.2) is 97.1 Å². The van der Waals surface area contributed by atoms with Gasteiger partial charge in [0, 0.05) is 21.4 Å².